The summed E-state index contributed by atoms with van der Waals surface area (Å²) in [6.45, 7) is 8.87. The van der Waals surface area contributed by atoms with Crippen molar-refractivity contribution in [3.05, 3.63) is 42.5 Å². The Hall–Kier alpha value is -1.24. The molecule has 0 amide bonds. The summed E-state index contributed by atoms with van der Waals surface area (Å²) in [5.74, 6) is 1.80. The van der Waals surface area contributed by atoms with Crippen molar-refractivity contribution < 1.29 is 4.74 Å². The minimum atomic E-state index is 0.580. The smallest absolute Gasteiger partial charge is 0.119 e. The van der Waals surface area contributed by atoms with Gasteiger partial charge >= 0.3 is 0 Å². The first kappa shape index (κ1) is 18.8. The van der Waals surface area contributed by atoms with Crippen molar-refractivity contribution in [1.29, 1.82) is 0 Å². The lowest BCUT2D eigenvalue weighted by molar-refractivity contribution is 0.363. The van der Waals surface area contributed by atoms with Crippen LogP contribution in [-0.2, 0) is 6.42 Å². The summed E-state index contributed by atoms with van der Waals surface area (Å²) < 4.78 is 5.50. The van der Waals surface area contributed by atoms with E-state index in [2.05, 4.69) is 44.7 Å². The van der Waals surface area contributed by atoms with Crippen molar-refractivity contribution in [1.82, 2.24) is 0 Å². The van der Waals surface area contributed by atoms with Crippen molar-refractivity contribution in [3.8, 4) is 5.75 Å². The molecule has 0 bridgehead atoms. The molecule has 0 aromatic heterocycles. The van der Waals surface area contributed by atoms with Crippen LogP contribution in [0.4, 0.5) is 0 Å². The fourth-order valence-electron chi connectivity index (χ4n) is 2.67. The number of ether oxygens (including phenoxy) is 1. The zero-order chi connectivity index (χ0) is 16.0. The van der Waals surface area contributed by atoms with Gasteiger partial charge in [0.25, 0.3) is 0 Å². The molecule has 1 rings (SSSR count). The minimum Gasteiger partial charge on any atom is -0.490 e. The third-order valence-corrected chi connectivity index (χ3v) is 4.04. The predicted molar refractivity (Wildman–Crippen MR) is 97.6 cm³/mol. The van der Waals surface area contributed by atoms with E-state index in [1.165, 1.54) is 63.4 Å². The number of rotatable bonds is 13. The number of unbranched alkanes of at least 4 members (excludes halogenated alkanes) is 6. The number of hydrogen-bond acceptors (Lipinski definition) is 1. The van der Waals surface area contributed by atoms with Crippen molar-refractivity contribution in [2.45, 2.75) is 71.6 Å². The Labute approximate surface area is 137 Å². The molecule has 0 spiro atoms. The topological polar surface area (TPSA) is 9.23 Å². The summed E-state index contributed by atoms with van der Waals surface area (Å²) in [4.78, 5) is 0. The quantitative estimate of drug-likeness (QED) is 0.296. The molecule has 0 radical (unpaired) electrons. The van der Waals surface area contributed by atoms with Gasteiger partial charge in [0.1, 0.15) is 12.4 Å². The molecule has 0 aliphatic carbocycles. The Kier molecular flexibility index (Phi) is 10.5. The van der Waals surface area contributed by atoms with E-state index in [4.69, 9.17) is 4.74 Å². The first-order valence-corrected chi connectivity index (χ1v) is 9.05. The average molecular weight is 303 g/mol. The molecule has 0 atom stereocenters. The van der Waals surface area contributed by atoms with E-state index in [9.17, 15) is 0 Å². The van der Waals surface area contributed by atoms with Gasteiger partial charge in [-0.1, -0.05) is 83.6 Å². The van der Waals surface area contributed by atoms with Crippen molar-refractivity contribution in [2.75, 3.05) is 6.61 Å². The molecule has 0 heterocycles. The molecule has 124 valence electrons. The summed E-state index contributed by atoms with van der Waals surface area (Å²) in [6, 6.07) is 8.50. The second-order valence-electron chi connectivity index (χ2n) is 6.65. The largest absolute Gasteiger partial charge is 0.490 e. The van der Waals surface area contributed by atoms with Gasteiger partial charge in [-0.3, -0.25) is 0 Å². The van der Waals surface area contributed by atoms with Crippen LogP contribution in [0.1, 0.15) is 70.8 Å². The molecule has 0 aliphatic rings. The summed E-state index contributed by atoms with van der Waals surface area (Å²) >= 11 is 0. The van der Waals surface area contributed by atoms with Crippen LogP contribution in [0, 0.1) is 5.92 Å². The van der Waals surface area contributed by atoms with Gasteiger partial charge in [0.05, 0.1) is 0 Å². The van der Waals surface area contributed by atoms with Gasteiger partial charge in [-0.2, -0.15) is 0 Å². The highest BCUT2D eigenvalue weighted by atomic mass is 16.5. The maximum Gasteiger partial charge on any atom is 0.119 e. The van der Waals surface area contributed by atoms with Crippen molar-refractivity contribution in [2.24, 2.45) is 5.92 Å². The van der Waals surface area contributed by atoms with Crippen LogP contribution < -0.4 is 4.74 Å². The molecule has 0 fully saturated rings. The van der Waals surface area contributed by atoms with E-state index in [1.807, 2.05) is 0 Å². The van der Waals surface area contributed by atoms with Crippen LogP contribution in [0.15, 0.2) is 36.9 Å². The maximum atomic E-state index is 5.50. The van der Waals surface area contributed by atoms with Crippen LogP contribution >= 0.6 is 0 Å². The van der Waals surface area contributed by atoms with E-state index in [1.54, 1.807) is 6.08 Å². The Balaban J connectivity index is 1.99. The summed E-state index contributed by atoms with van der Waals surface area (Å²) in [7, 11) is 0. The molecule has 1 nitrogen and oxygen atoms in total. The molecular formula is C21H34O. The van der Waals surface area contributed by atoms with Crippen LogP contribution in [0.3, 0.4) is 0 Å². The molecular weight excluding hydrogens is 268 g/mol. The third kappa shape index (κ3) is 9.65. The molecule has 22 heavy (non-hydrogen) atoms. The van der Waals surface area contributed by atoms with Gasteiger partial charge in [-0.25, -0.2) is 0 Å². The Morgan fingerprint density at radius 1 is 0.909 bits per heavy atom. The summed E-state index contributed by atoms with van der Waals surface area (Å²) in [5, 5.41) is 0. The van der Waals surface area contributed by atoms with Crippen LogP contribution in [0.5, 0.6) is 5.75 Å². The van der Waals surface area contributed by atoms with Gasteiger partial charge in [0.15, 0.2) is 0 Å². The third-order valence-electron chi connectivity index (χ3n) is 4.04. The highest BCUT2D eigenvalue weighted by molar-refractivity contribution is 5.27. The van der Waals surface area contributed by atoms with Crippen LogP contribution in [0.2, 0.25) is 0 Å². The molecule has 0 saturated heterocycles. The van der Waals surface area contributed by atoms with Gasteiger partial charge in [0, 0.05) is 0 Å². The lowest BCUT2D eigenvalue weighted by atomic mass is 10.0. The molecule has 1 aromatic carbocycles. The van der Waals surface area contributed by atoms with Gasteiger partial charge in [-0.05, 0) is 36.5 Å². The lowest BCUT2D eigenvalue weighted by Gasteiger charge is -2.06. The van der Waals surface area contributed by atoms with Crippen LogP contribution in [0.25, 0.3) is 0 Å². The monoisotopic (exact) mass is 302 g/mol. The maximum absolute atomic E-state index is 5.50. The molecule has 0 saturated carbocycles. The van der Waals surface area contributed by atoms with Gasteiger partial charge in [-0.15, -0.1) is 0 Å². The first-order valence-electron chi connectivity index (χ1n) is 9.05. The highest BCUT2D eigenvalue weighted by Crippen LogP contribution is 2.16. The Morgan fingerprint density at radius 2 is 1.50 bits per heavy atom. The van der Waals surface area contributed by atoms with Crippen LogP contribution in [-0.4, -0.2) is 6.61 Å². The fourth-order valence-corrected chi connectivity index (χ4v) is 2.67. The molecule has 0 aliphatic heterocycles. The Bertz CT molecular complexity index is 377. The summed E-state index contributed by atoms with van der Waals surface area (Å²) in [6.07, 6.45) is 14.1. The second-order valence-corrected chi connectivity index (χ2v) is 6.65. The molecule has 0 unspecified atom stereocenters. The number of benzene rings is 1. The molecule has 0 N–H and O–H groups in total. The number of hydrogen-bond donors (Lipinski definition) is 0. The standard InChI is InChI=1S/C21H34O/c1-4-18-22-21-16-14-20(15-17-21)13-11-9-7-5-6-8-10-12-19(2)3/h4,14-17,19H,1,5-13,18H2,2-3H3. The SMILES string of the molecule is C=CCOc1ccc(CCCCCCCCCC(C)C)cc1. The number of aryl methyl sites for hydroxylation is 1. The van der Waals surface area contributed by atoms with E-state index < -0.39 is 0 Å². The summed E-state index contributed by atoms with van der Waals surface area (Å²) in [5.41, 5.74) is 1.42. The molecule has 1 aromatic rings. The zero-order valence-electron chi connectivity index (χ0n) is 14.7. The van der Waals surface area contributed by atoms with E-state index in [0.29, 0.717) is 6.61 Å². The van der Waals surface area contributed by atoms with E-state index >= 15 is 0 Å². The first-order chi connectivity index (χ1) is 10.7. The van der Waals surface area contributed by atoms with Gasteiger partial charge in [0.2, 0.25) is 0 Å². The zero-order valence-corrected chi connectivity index (χ0v) is 14.7. The second kappa shape index (κ2) is 12.3. The van der Waals surface area contributed by atoms with Crippen molar-refractivity contribution >= 4 is 0 Å². The van der Waals surface area contributed by atoms with Gasteiger partial charge < -0.3 is 4.74 Å². The van der Waals surface area contributed by atoms with E-state index in [0.717, 1.165) is 11.7 Å². The van der Waals surface area contributed by atoms with E-state index in [-0.39, 0.29) is 0 Å². The minimum absolute atomic E-state index is 0.580. The lowest BCUT2D eigenvalue weighted by Crippen LogP contribution is -1.93. The fraction of sp³-hybridized carbons (Fsp3) is 0.619. The van der Waals surface area contributed by atoms with Crippen molar-refractivity contribution in [3.63, 3.8) is 0 Å². The normalized spacial score (nSPS) is 10.9. The predicted octanol–water partition coefficient (Wildman–Crippen LogP) is 6.57. The highest BCUT2D eigenvalue weighted by Gasteiger charge is 1.97. The average Bonchev–Trinajstić information content (AvgIpc) is 2.52. The molecule has 1 heteroatoms. The Morgan fingerprint density at radius 3 is 2.09 bits per heavy atom.